The van der Waals surface area contributed by atoms with Gasteiger partial charge in [-0.3, -0.25) is 0 Å². The molecule has 7 heteroatoms. The number of fused-ring (bicyclic) bond motifs is 4. The molecule has 8 aromatic carbocycles. The van der Waals surface area contributed by atoms with Gasteiger partial charge in [-0.1, -0.05) is 0 Å². The van der Waals surface area contributed by atoms with Crippen LogP contribution < -0.4 is 35.2 Å². The topological polar surface area (TPSA) is 26.3 Å². The van der Waals surface area contributed by atoms with Crippen molar-refractivity contribution >= 4 is 62.4 Å². The molecule has 0 spiro atoms. The second kappa shape index (κ2) is 23.8. The van der Waals surface area contributed by atoms with Crippen LogP contribution in [0.15, 0.2) is 202 Å². The van der Waals surface area contributed by atoms with Gasteiger partial charge in [0.15, 0.2) is 0 Å². The molecule has 0 radical (unpaired) electrons. The van der Waals surface area contributed by atoms with E-state index >= 15 is 0 Å². The van der Waals surface area contributed by atoms with Crippen LogP contribution in [0.25, 0.3) is 79.0 Å². The molecule has 2 saturated heterocycles. The SMILES string of the molecule is CC1=C(C2C(c3ccc(C)o3)=Cc3c2ccc(C)c3-c2ccccc2)c2c(cc([SiH]3CCC3)c(C)c2-c2ccccc2)[CH]1[Zr+2][CH]1C(C)=C(C2C(c3ccc(C)o3)=Cc3c2ccc(C)c3-c2ccccc2)c2c1cc([SiH]1CCC1)c(C)c2-c1ccccc1.[Cl-].[Cl-]. The van der Waals surface area contributed by atoms with Gasteiger partial charge in [-0.15, -0.1) is 0 Å². The number of halogens is 2. The third kappa shape index (κ3) is 9.69. The standard InChI is InChI=1S/2C41H37OSi.2ClH.Zr/c2*1-25-16-18-32-33(37(25)29-12-7-5-8-13-29)24-34(35-19-17-27(3)42-35)41(32)38-26(2)22-31-23-36(43-20-11-21-43)28(4)39(40(31)38)30-14-9-6-10-15-30;;;/h2*5-10,12-19,22-24,41,43H,11,20-21H2,1-4H3;2*1H;/q;;;;+2/p-2. The van der Waals surface area contributed by atoms with Crippen LogP contribution in [0.2, 0.25) is 24.2 Å². The molecule has 0 bridgehead atoms. The fourth-order valence-corrected chi connectivity index (χ4v) is 26.8. The molecule has 2 fully saturated rings. The Morgan fingerprint density at radius 3 is 1.03 bits per heavy atom. The third-order valence-corrected chi connectivity index (χ3v) is 34.0. The molecule has 2 nitrogen and oxygen atoms in total. The van der Waals surface area contributed by atoms with E-state index in [9.17, 15) is 0 Å². The largest absolute Gasteiger partial charge is 1.00 e. The average molecular weight is 1310 g/mol. The van der Waals surface area contributed by atoms with Gasteiger partial charge in [0.25, 0.3) is 0 Å². The molecule has 89 heavy (non-hydrogen) atoms. The summed E-state index contributed by atoms with van der Waals surface area (Å²) in [5.74, 6) is 3.83. The number of allylic oxidation sites excluding steroid dienone is 6. The van der Waals surface area contributed by atoms with Crippen LogP contribution in [-0.4, -0.2) is 17.6 Å². The zero-order valence-electron chi connectivity index (χ0n) is 52.3. The van der Waals surface area contributed by atoms with Gasteiger partial charge >= 0.3 is 533 Å². The third-order valence-electron chi connectivity index (χ3n) is 21.3. The van der Waals surface area contributed by atoms with Gasteiger partial charge in [0.1, 0.15) is 0 Å². The molecule has 4 atom stereocenters. The summed E-state index contributed by atoms with van der Waals surface area (Å²) in [6.07, 6.45) is 7.79. The van der Waals surface area contributed by atoms with Gasteiger partial charge in [-0.25, -0.2) is 0 Å². The van der Waals surface area contributed by atoms with Crippen LogP contribution in [0.3, 0.4) is 0 Å². The van der Waals surface area contributed by atoms with Gasteiger partial charge in [0.05, 0.1) is 0 Å². The van der Waals surface area contributed by atoms with Crippen molar-refractivity contribution in [3.8, 4) is 44.5 Å². The predicted molar refractivity (Wildman–Crippen MR) is 367 cm³/mol. The Bertz CT molecular complexity index is 4300. The van der Waals surface area contributed by atoms with E-state index in [1.54, 1.807) is 32.6 Å². The maximum absolute atomic E-state index is 6.87. The van der Waals surface area contributed by atoms with Crippen molar-refractivity contribution in [2.24, 2.45) is 0 Å². The maximum Gasteiger partial charge on any atom is -1.00 e. The van der Waals surface area contributed by atoms with Crippen molar-refractivity contribution in [2.45, 2.75) is 111 Å². The van der Waals surface area contributed by atoms with Crippen molar-refractivity contribution in [3.63, 3.8) is 0 Å². The van der Waals surface area contributed by atoms with E-state index < -0.39 is 40.8 Å². The second-order valence-electron chi connectivity index (χ2n) is 26.2. The zero-order chi connectivity index (χ0) is 58.9. The summed E-state index contributed by atoms with van der Waals surface area (Å²) in [5.41, 5.74) is 37.0. The number of rotatable bonds is 12. The minimum absolute atomic E-state index is 0. The molecule has 2 aliphatic heterocycles. The maximum atomic E-state index is 6.87. The number of benzene rings is 8. The summed E-state index contributed by atoms with van der Waals surface area (Å²) in [4.78, 5) is 0. The van der Waals surface area contributed by atoms with Crippen LogP contribution in [0.5, 0.6) is 0 Å². The monoisotopic (exact) mass is 1310 g/mol. The van der Waals surface area contributed by atoms with Gasteiger partial charge in [-0.2, -0.15) is 0 Å². The summed E-state index contributed by atoms with van der Waals surface area (Å²) < 4.78 is 14.4. The molecule has 0 saturated carbocycles. The van der Waals surface area contributed by atoms with E-state index in [-0.39, 0.29) is 36.6 Å². The van der Waals surface area contributed by atoms with Gasteiger partial charge in [0, 0.05) is 0 Å². The summed E-state index contributed by atoms with van der Waals surface area (Å²) in [7, 11) is -2.35. The summed E-state index contributed by atoms with van der Waals surface area (Å²) in [6.45, 7) is 19.1. The summed E-state index contributed by atoms with van der Waals surface area (Å²) in [6, 6.07) is 75.5. The van der Waals surface area contributed by atoms with Gasteiger partial charge in [0.2, 0.25) is 0 Å². The van der Waals surface area contributed by atoms with E-state index in [0.717, 1.165) is 23.0 Å². The predicted octanol–water partition coefficient (Wildman–Crippen LogP) is 14.2. The van der Waals surface area contributed by atoms with Crippen molar-refractivity contribution in [1.29, 1.82) is 0 Å². The Balaban J connectivity index is 0.00000347. The van der Waals surface area contributed by atoms with Crippen LogP contribution >= 0.6 is 0 Å². The first-order valence-electron chi connectivity index (χ1n) is 32.1. The van der Waals surface area contributed by atoms with E-state index in [4.69, 9.17) is 8.83 Å². The molecule has 2 aromatic heterocycles. The molecule has 440 valence electrons. The molecule has 10 aromatic rings. The Morgan fingerprint density at radius 2 is 0.719 bits per heavy atom. The molecule has 6 aliphatic rings. The molecule has 0 N–H and O–H groups in total. The molecule has 16 rings (SSSR count). The van der Waals surface area contributed by atoms with Crippen molar-refractivity contribution < 1.29 is 56.9 Å². The van der Waals surface area contributed by atoms with E-state index in [1.807, 2.05) is 0 Å². The Hall–Kier alpha value is -6.82. The normalized spacial score (nSPS) is 18.9. The molecular weight excluding hydrogens is 1240 g/mol. The van der Waals surface area contributed by atoms with Crippen molar-refractivity contribution in [1.82, 2.24) is 0 Å². The number of aryl methyl sites for hydroxylation is 4. The number of furan rings is 2. The van der Waals surface area contributed by atoms with Crippen LogP contribution in [0.4, 0.5) is 0 Å². The number of hydrogen-bond donors (Lipinski definition) is 0. The van der Waals surface area contributed by atoms with Crippen molar-refractivity contribution in [3.05, 3.63) is 283 Å². The molecule has 4 aliphatic carbocycles. The van der Waals surface area contributed by atoms with E-state index in [2.05, 4.69) is 250 Å². The fraction of sp³-hybridized carbons (Fsp3) is 0.220. The summed E-state index contributed by atoms with van der Waals surface area (Å²) in [5, 5.41) is 3.44. The van der Waals surface area contributed by atoms with E-state index in [0.29, 0.717) is 7.25 Å². The van der Waals surface area contributed by atoms with Crippen LogP contribution in [-0.2, 0) is 23.2 Å². The zero-order valence-corrected chi connectivity index (χ0v) is 58.5. The molecular formula is C82H74Cl2O2Si2Zr. The average Bonchev–Trinajstić information content (AvgIpc) is 1.58. The quantitative estimate of drug-likeness (QED) is 0.114. The smallest absolute Gasteiger partial charge is 1.00 e. The van der Waals surface area contributed by atoms with Crippen molar-refractivity contribution in [2.75, 3.05) is 0 Å². The fourth-order valence-electron chi connectivity index (χ4n) is 16.7. The number of hydrogen-bond acceptors (Lipinski definition) is 2. The van der Waals surface area contributed by atoms with Gasteiger partial charge in [-0.05, 0) is 0 Å². The summed E-state index contributed by atoms with van der Waals surface area (Å²) >= 11 is -1.60. The first kappa shape index (κ1) is 59.8. The van der Waals surface area contributed by atoms with Crippen LogP contribution in [0, 0.1) is 41.5 Å². The minimum atomic E-state index is -1.60. The Kier molecular flexibility index (Phi) is 16.0. The van der Waals surface area contributed by atoms with Crippen LogP contribution in [0.1, 0.15) is 136 Å². The van der Waals surface area contributed by atoms with Gasteiger partial charge < -0.3 is 24.8 Å². The molecule has 4 heterocycles. The first-order chi connectivity index (χ1) is 42.5. The first-order valence-corrected chi connectivity index (χ1v) is 39.3. The molecule has 4 unspecified atom stereocenters. The van der Waals surface area contributed by atoms with E-state index in [1.165, 1.54) is 159 Å². The minimum Gasteiger partial charge on any atom is -1.00 e. The molecule has 0 amide bonds. The Labute approximate surface area is 553 Å². The second-order valence-corrected chi connectivity index (χ2v) is 36.2. The Morgan fingerprint density at radius 1 is 0.371 bits per heavy atom.